The van der Waals surface area contributed by atoms with Gasteiger partial charge in [0.2, 0.25) is 0 Å². The molecule has 3 atom stereocenters. The summed E-state index contributed by atoms with van der Waals surface area (Å²) in [5, 5.41) is 0. The van der Waals surface area contributed by atoms with E-state index in [-0.39, 0.29) is 6.04 Å². The van der Waals surface area contributed by atoms with Crippen molar-refractivity contribution < 1.29 is 4.74 Å². The van der Waals surface area contributed by atoms with Crippen molar-refractivity contribution in [2.24, 2.45) is 5.73 Å². The van der Waals surface area contributed by atoms with E-state index in [1.54, 1.807) is 0 Å². The number of benzene rings is 1. The molecule has 2 N–H and O–H groups in total. The molecule has 0 aromatic heterocycles. The maximum absolute atomic E-state index is 6.29. The zero-order chi connectivity index (χ0) is 13.1. The van der Waals surface area contributed by atoms with Crippen LogP contribution in [0.5, 0.6) is 0 Å². The minimum Gasteiger partial charge on any atom is -0.375 e. The topological polar surface area (TPSA) is 38.5 Å². The summed E-state index contributed by atoms with van der Waals surface area (Å²) in [7, 11) is 0. The Labute approximate surface area is 115 Å². The molecule has 0 bridgehead atoms. The number of hydrogen-bond donors (Lipinski definition) is 1. The van der Waals surface area contributed by atoms with Crippen molar-refractivity contribution in [3.63, 3.8) is 0 Å². The van der Waals surface area contributed by atoms with Crippen LogP contribution in [0, 0.1) is 0 Å². The van der Waals surface area contributed by atoms with Crippen LogP contribution in [0.3, 0.4) is 0 Å². The van der Waals surface area contributed by atoms with Crippen LogP contribution in [0.4, 0.5) is 0 Å². The van der Waals surface area contributed by atoms with Crippen molar-refractivity contribution in [1.82, 2.24) is 4.90 Å². The fourth-order valence-electron chi connectivity index (χ4n) is 3.46. The second-order valence-corrected chi connectivity index (χ2v) is 5.75. The van der Waals surface area contributed by atoms with Crippen LogP contribution in [-0.4, -0.2) is 36.7 Å². The number of rotatable bonds is 4. The molecule has 3 unspecified atom stereocenters. The summed E-state index contributed by atoms with van der Waals surface area (Å²) in [5.41, 5.74) is 7.54. The van der Waals surface area contributed by atoms with E-state index >= 15 is 0 Å². The fraction of sp³-hybridized carbons (Fsp3) is 0.625. The minimum atomic E-state index is 0.156. The summed E-state index contributed by atoms with van der Waals surface area (Å²) in [6.07, 6.45) is 5.38. The summed E-state index contributed by atoms with van der Waals surface area (Å²) >= 11 is 0. The lowest BCUT2D eigenvalue weighted by Crippen LogP contribution is -2.49. The third kappa shape index (κ3) is 2.99. The fourth-order valence-corrected chi connectivity index (χ4v) is 3.46. The van der Waals surface area contributed by atoms with Gasteiger partial charge in [-0.2, -0.15) is 0 Å². The molecule has 19 heavy (non-hydrogen) atoms. The van der Waals surface area contributed by atoms with Gasteiger partial charge in [0.15, 0.2) is 0 Å². The number of fused-ring (bicyclic) bond motifs is 1. The lowest BCUT2D eigenvalue weighted by molar-refractivity contribution is -0.0561. The average Bonchev–Trinajstić information content (AvgIpc) is 2.94. The normalized spacial score (nSPS) is 29.1. The van der Waals surface area contributed by atoms with Crippen molar-refractivity contribution in [3.05, 3.63) is 35.9 Å². The van der Waals surface area contributed by atoms with Gasteiger partial charge >= 0.3 is 0 Å². The van der Waals surface area contributed by atoms with Crippen molar-refractivity contribution in [2.75, 3.05) is 19.7 Å². The van der Waals surface area contributed by atoms with E-state index < -0.39 is 0 Å². The van der Waals surface area contributed by atoms with E-state index in [0.717, 1.165) is 26.1 Å². The van der Waals surface area contributed by atoms with Crippen molar-refractivity contribution >= 4 is 0 Å². The van der Waals surface area contributed by atoms with Crippen LogP contribution in [-0.2, 0) is 4.74 Å². The van der Waals surface area contributed by atoms with Crippen LogP contribution < -0.4 is 5.73 Å². The van der Waals surface area contributed by atoms with Gasteiger partial charge in [-0.25, -0.2) is 0 Å². The maximum Gasteiger partial charge on any atom is 0.0730 e. The Morgan fingerprint density at radius 3 is 2.95 bits per heavy atom. The highest BCUT2D eigenvalue weighted by Gasteiger charge is 2.35. The SMILES string of the molecule is NC(CCN1CCOC2CCCC21)c1ccccc1. The van der Waals surface area contributed by atoms with Gasteiger partial charge in [0, 0.05) is 25.2 Å². The predicted molar refractivity (Wildman–Crippen MR) is 76.9 cm³/mol. The van der Waals surface area contributed by atoms with Gasteiger partial charge in [-0.3, -0.25) is 4.90 Å². The summed E-state index contributed by atoms with van der Waals surface area (Å²) in [6, 6.07) is 11.2. The number of ether oxygens (including phenoxy) is 1. The summed E-state index contributed by atoms with van der Waals surface area (Å²) in [4.78, 5) is 2.60. The molecule has 1 saturated heterocycles. The summed E-state index contributed by atoms with van der Waals surface area (Å²) in [5.74, 6) is 0. The molecule has 2 aliphatic rings. The summed E-state index contributed by atoms with van der Waals surface area (Å²) < 4.78 is 5.85. The quantitative estimate of drug-likeness (QED) is 0.903. The summed E-state index contributed by atoms with van der Waals surface area (Å²) in [6.45, 7) is 3.06. The van der Waals surface area contributed by atoms with Gasteiger partial charge in [0.1, 0.15) is 0 Å². The van der Waals surface area contributed by atoms with E-state index in [0.29, 0.717) is 12.1 Å². The lowest BCUT2D eigenvalue weighted by atomic mass is 10.0. The number of nitrogens with two attached hydrogens (primary N) is 1. The lowest BCUT2D eigenvalue weighted by Gasteiger charge is -2.38. The minimum absolute atomic E-state index is 0.156. The Kier molecular flexibility index (Phi) is 4.16. The van der Waals surface area contributed by atoms with Crippen LogP contribution in [0.15, 0.2) is 30.3 Å². The van der Waals surface area contributed by atoms with E-state index in [1.165, 1.54) is 24.8 Å². The Balaban J connectivity index is 1.54. The number of morpholine rings is 1. The third-order valence-corrected chi connectivity index (χ3v) is 4.55. The molecule has 1 aliphatic heterocycles. The van der Waals surface area contributed by atoms with Gasteiger partial charge in [0.25, 0.3) is 0 Å². The molecule has 0 spiro atoms. The highest BCUT2D eigenvalue weighted by Crippen LogP contribution is 2.30. The molecule has 1 saturated carbocycles. The number of hydrogen-bond acceptors (Lipinski definition) is 3. The maximum atomic E-state index is 6.29. The van der Waals surface area contributed by atoms with E-state index in [2.05, 4.69) is 29.2 Å². The van der Waals surface area contributed by atoms with Gasteiger partial charge in [0.05, 0.1) is 12.7 Å². The Bertz CT molecular complexity index is 395. The molecule has 104 valence electrons. The molecule has 0 amide bonds. The first-order valence-electron chi connectivity index (χ1n) is 7.51. The number of nitrogens with zero attached hydrogens (tertiary/aromatic N) is 1. The highest BCUT2D eigenvalue weighted by molar-refractivity contribution is 5.18. The van der Waals surface area contributed by atoms with Gasteiger partial charge < -0.3 is 10.5 Å². The average molecular weight is 260 g/mol. The first kappa shape index (κ1) is 13.1. The Morgan fingerprint density at radius 1 is 1.26 bits per heavy atom. The van der Waals surface area contributed by atoms with E-state index in [9.17, 15) is 0 Å². The Morgan fingerprint density at radius 2 is 2.11 bits per heavy atom. The molecule has 2 fully saturated rings. The van der Waals surface area contributed by atoms with Gasteiger partial charge in [-0.15, -0.1) is 0 Å². The molecular weight excluding hydrogens is 236 g/mol. The molecule has 3 nitrogen and oxygen atoms in total. The highest BCUT2D eigenvalue weighted by atomic mass is 16.5. The van der Waals surface area contributed by atoms with Crippen LogP contribution in [0.25, 0.3) is 0 Å². The second kappa shape index (κ2) is 6.04. The zero-order valence-electron chi connectivity index (χ0n) is 11.5. The van der Waals surface area contributed by atoms with Crippen LogP contribution in [0.2, 0.25) is 0 Å². The van der Waals surface area contributed by atoms with E-state index in [4.69, 9.17) is 10.5 Å². The van der Waals surface area contributed by atoms with Crippen molar-refractivity contribution in [3.8, 4) is 0 Å². The van der Waals surface area contributed by atoms with Crippen LogP contribution >= 0.6 is 0 Å². The molecule has 3 heteroatoms. The molecule has 3 rings (SSSR count). The Hall–Kier alpha value is -0.900. The molecule has 1 heterocycles. The third-order valence-electron chi connectivity index (χ3n) is 4.55. The molecule has 0 radical (unpaired) electrons. The molecule has 1 aliphatic carbocycles. The first-order valence-corrected chi connectivity index (χ1v) is 7.51. The largest absolute Gasteiger partial charge is 0.375 e. The van der Waals surface area contributed by atoms with Crippen molar-refractivity contribution in [2.45, 2.75) is 43.9 Å². The van der Waals surface area contributed by atoms with Crippen molar-refractivity contribution in [1.29, 1.82) is 0 Å². The van der Waals surface area contributed by atoms with Gasteiger partial charge in [-0.05, 0) is 31.2 Å². The second-order valence-electron chi connectivity index (χ2n) is 5.75. The standard InChI is InChI=1S/C16H24N2O/c17-14(13-5-2-1-3-6-13)9-10-18-11-12-19-16-8-4-7-15(16)18/h1-3,5-6,14-16H,4,7-12,17H2. The molecule has 1 aromatic rings. The van der Waals surface area contributed by atoms with E-state index in [1.807, 2.05) is 6.07 Å². The smallest absolute Gasteiger partial charge is 0.0730 e. The monoisotopic (exact) mass is 260 g/mol. The molecular formula is C16H24N2O. The van der Waals surface area contributed by atoms with Crippen LogP contribution in [0.1, 0.15) is 37.3 Å². The predicted octanol–water partition coefficient (Wildman–Crippen LogP) is 2.33. The zero-order valence-corrected chi connectivity index (χ0v) is 11.5. The van der Waals surface area contributed by atoms with Gasteiger partial charge in [-0.1, -0.05) is 30.3 Å². The molecule has 1 aromatic carbocycles. The first-order chi connectivity index (χ1) is 9.34.